The summed E-state index contributed by atoms with van der Waals surface area (Å²) in [6, 6.07) is 4.61. The third kappa shape index (κ3) is 3.40. The fourth-order valence-electron chi connectivity index (χ4n) is 2.94. The molecule has 0 radical (unpaired) electrons. The molecule has 1 aromatic heterocycles. The zero-order valence-corrected chi connectivity index (χ0v) is 14.6. The van der Waals surface area contributed by atoms with E-state index in [1.54, 1.807) is 19.1 Å². The number of nitrogens with one attached hydrogen (secondary N) is 2. The van der Waals surface area contributed by atoms with E-state index in [0.29, 0.717) is 10.7 Å². The van der Waals surface area contributed by atoms with E-state index in [1.807, 2.05) is 0 Å². The molecule has 0 saturated carbocycles. The Morgan fingerprint density at radius 3 is 2.74 bits per heavy atom. The van der Waals surface area contributed by atoms with Crippen LogP contribution >= 0.6 is 0 Å². The SMILES string of the molecule is C[C@@H](NC(=O)CN1C(=O)N[C@](C)(c2cc(F)ccc2F)C1=O)c1ccco1. The van der Waals surface area contributed by atoms with Gasteiger partial charge in [-0.15, -0.1) is 0 Å². The predicted octanol–water partition coefficient (Wildman–Crippen LogP) is 2.20. The van der Waals surface area contributed by atoms with Crippen LogP contribution in [0.1, 0.15) is 31.2 Å². The van der Waals surface area contributed by atoms with Crippen LogP contribution in [0.4, 0.5) is 13.6 Å². The Kier molecular flexibility index (Phi) is 4.69. The molecule has 2 aromatic rings. The molecule has 1 aliphatic heterocycles. The number of imide groups is 1. The molecular formula is C18H17F2N3O4. The van der Waals surface area contributed by atoms with E-state index in [4.69, 9.17) is 4.42 Å². The second-order valence-corrected chi connectivity index (χ2v) is 6.38. The van der Waals surface area contributed by atoms with Crippen LogP contribution < -0.4 is 10.6 Å². The molecule has 0 aliphatic carbocycles. The van der Waals surface area contributed by atoms with Crippen LogP contribution in [0.2, 0.25) is 0 Å². The van der Waals surface area contributed by atoms with E-state index >= 15 is 0 Å². The minimum atomic E-state index is -1.81. The van der Waals surface area contributed by atoms with Crippen LogP contribution in [0.5, 0.6) is 0 Å². The number of rotatable bonds is 5. The van der Waals surface area contributed by atoms with Gasteiger partial charge < -0.3 is 15.1 Å². The van der Waals surface area contributed by atoms with Gasteiger partial charge in [0.2, 0.25) is 5.91 Å². The van der Waals surface area contributed by atoms with Crippen LogP contribution in [0.3, 0.4) is 0 Å². The van der Waals surface area contributed by atoms with Crippen molar-refractivity contribution in [2.45, 2.75) is 25.4 Å². The number of amides is 4. The third-order valence-corrected chi connectivity index (χ3v) is 4.39. The van der Waals surface area contributed by atoms with Crippen molar-refractivity contribution in [3.05, 3.63) is 59.6 Å². The van der Waals surface area contributed by atoms with Crippen molar-refractivity contribution in [2.75, 3.05) is 6.54 Å². The fourth-order valence-corrected chi connectivity index (χ4v) is 2.94. The summed E-state index contributed by atoms with van der Waals surface area (Å²) < 4.78 is 32.8. The Balaban J connectivity index is 1.76. The van der Waals surface area contributed by atoms with Gasteiger partial charge in [-0.05, 0) is 44.2 Å². The van der Waals surface area contributed by atoms with E-state index in [9.17, 15) is 23.2 Å². The van der Waals surface area contributed by atoms with E-state index in [0.717, 1.165) is 18.2 Å². The number of furan rings is 1. The molecule has 1 fully saturated rings. The van der Waals surface area contributed by atoms with Gasteiger partial charge >= 0.3 is 6.03 Å². The molecule has 1 aliphatic rings. The average molecular weight is 377 g/mol. The average Bonchev–Trinajstić information content (AvgIpc) is 3.21. The van der Waals surface area contributed by atoms with E-state index in [2.05, 4.69) is 10.6 Å². The van der Waals surface area contributed by atoms with Crippen molar-refractivity contribution in [3.8, 4) is 0 Å². The van der Waals surface area contributed by atoms with Gasteiger partial charge in [-0.1, -0.05) is 0 Å². The molecule has 2 atom stereocenters. The largest absolute Gasteiger partial charge is 0.467 e. The number of halogens is 2. The van der Waals surface area contributed by atoms with Crippen LogP contribution in [-0.2, 0) is 15.1 Å². The number of hydrogen-bond acceptors (Lipinski definition) is 4. The van der Waals surface area contributed by atoms with Crippen LogP contribution in [0.25, 0.3) is 0 Å². The molecule has 1 aromatic carbocycles. The summed E-state index contributed by atoms with van der Waals surface area (Å²) in [5.74, 6) is -2.54. The first-order valence-electron chi connectivity index (χ1n) is 8.15. The van der Waals surface area contributed by atoms with Crippen molar-refractivity contribution in [1.29, 1.82) is 0 Å². The second kappa shape index (κ2) is 6.82. The zero-order chi connectivity index (χ0) is 19.8. The Labute approximate surface area is 153 Å². The number of carbonyl (C=O) groups is 3. The Morgan fingerprint density at radius 2 is 2.07 bits per heavy atom. The number of nitrogens with zero attached hydrogens (tertiary/aromatic N) is 1. The Hall–Kier alpha value is -3.23. The van der Waals surface area contributed by atoms with E-state index < -0.39 is 47.6 Å². The quantitative estimate of drug-likeness (QED) is 0.782. The molecule has 0 bridgehead atoms. The van der Waals surface area contributed by atoms with E-state index in [1.165, 1.54) is 13.2 Å². The van der Waals surface area contributed by atoms with Crippen LogP contribution in [-0.4, -0.2) is 29.3 Å². The Bertz CT molecular complexity index is 900. The highest BCUT2D eigenvalue weighted by Gasteiger charge is 2.50. The number of hydrogen-bond donors (Lipinski definition) is 2. The first-order chi connectivity index (χ1) is 12.7. The predicted molar refractivity (Wildman–Crippen MR) is 89.2 cm³/mol. The Morgan fingerprint density at radius 1 is 1.33 bits per heavy atom. The van der Waals surface area contributed by atoms with Gasteiger partial charge in [-0.25, -0.2) is 13.6 Å². The zero-order valence-electron chi connectivity index (χ0n) is 14.6. The molecule has 9 heteroatoms. The molecule has 2 heterocycles. The van der Waals surface area contributed by atoms with Crippen LogP contribution in [0.15, 0.2) is 41.0 Å². The minimum absolute atomic E-state index is 0.312. The maximum atomic E-state index is 14.1. The summed E-state index contributed by atoms with van der Waals surface area (Å²) in [6.45, 7) is 2.37. The summed E-state index contributed by atoms with van der Waals surface area (Å²) in [6.07, 6.45) is 1.45. The van der Waals surface area contributed by atoms with Gasteiger partial charge in [0.15, 0.2) is 0 Å². The number of benzene rings is 1. The number of urea groups is 1. The van der Waals surface area contributed by atoms with Crippen molar-refractivity contribution >= 4 is 17.8 Å². The molecule has 142 valence electrons. The molecule has 1 saturated heterocycles. The highest BCUT2D eigenvalue weighted by Crippen LogP contribution is 2.31. The summed E-state index contributed by atoms with van der Waals surface area (Å²) in [4.78, 5) is 37.8. The van der Waals surface area contributed by atoms with Gasteiger partial charge in [0.05, 0.1) is 12.3 Å². The molecule has 7 nitrogen and oxygen atoms in total. The summed E-state index contributed by atoms with van der Waals surface area (Å²) >= 11 is 0. The standard InChI is InChI=1S/C18H17F2N3O4/c1-10(14-4-3-7-27-14)21-15(24)9-23-16(25)18(2,22-17(23)26)12-8-11(19)5-6-13(12)20/h3-8,10H,9H2,1-2H3,(H,21,24)(H,22,26)/t10-,18-/m1/s1. The second-order valence-electron chi connectivity index (χ2n) is 6.38. The molecule has 4 amide bonds. The lowest BCUT2D eigenvalue weighted by Crippen LogP contribution is -2.44. The van der Waals surface area contributed by atoms with Gasteiger partial charge in [0.25, 0.3) is 5.91 Å². The highest BCUT2D eigenvalue weighted by atomic mass is 19.1. The summed E-state index contributed by atoms with van der Waals surface area (Å²) in [7, 11) is 0. The normalized spacial score (nSPS) is 20.5. The topological polar surface area (TPSA) is 91.7 Å². The lowest BCUT2D eigenvalue weighted by Gasteiger charge is -2.23. The molecule has 0 unspecified atom stereocenters. The first-order valence-corrected chi connectivity index (χ1v) is 8.15. The van der Waals surface area contributed by atoms with Crippen LogP contribution in [0, 0.1) is 11.6 Å². The summed E-state index contributed by atoms with van der Waals surface area (Å²) in [5, 5.41) is 4.93. The number of carbonyl (C=O) groups excluding carboxylic acids is 3. The molecule has 3 rings (SSSR count). The minimum Gasteiger partial charge on any atom is -0.467 e. The van der Waals surface area contributed by atoms with Gasteiger partial charge in [-0.2, -0.15) is 0 Å². The molecule has 2 N–H and O–H groups in total. The third-order valence-electron chi connectivity index (χ3n) is 4.39. The molecule has 27 heavy (non-hydrogen) atoms. The van der Waals surface area contributed by atoms with Crippen molar-refractivity contribution in [1.82, 2.24) is 15.5 Å². The monoisotopic (exact) mass is 377 g/mol. The fraction of sp³-hybridized carbons (Fsp3) is 0.278. The molecule has 0 spiro atoms. The maximum Gasteiger partial charge on any atom is 0.325 e. The van der Waals surface area contributed by atoms with Crippen molar-refractivity contribution in [3.63, 3.8) is 0 Å². The van der Waals surface area contributed by atoms with Gasteiger partial charge in [0.1, 0.15) is 29.5 Å². The van der Waals surface area contributed by atoms with Crippen molar-refractivity contribution < 1.29 is 27.6 Å². The maximum absolute atomic E-state index is 14.1. The highest BCUT2D eigenvalue weighted by molar-refractivity contribution is 6.09. The lowest BCUT2D eigenvalue weighted by molar-refractivity contribution is -0.135. The van der Waals surface area contributed by atoms with Gasteiger partial charge in [-0.3, -0.25) is 14.5 Å². The molecular weight excluding hydrogens is 360 g/mol. The van der Waals surface area contributed by atoms with Crippen molar-refractivity contribution in [2.24, 2.45) is 0 Å². The lowest BCUT2D eigenvalue weighted by atomic mass is 9.91. The first kappa shape index (κ1) is 18.6. The smallest absolute Gasteiger partial charge is 0.325 e. The van der Waals surface area contributed by atoms with E-state index in [-0.39, 0.29) is 5.56 Å². The van der Waals surface area contributed by atoms with Gasteiger partial charge in [0, 0.05) is 5.56 Å². The summed E-state index contributed by atoms with van der Waals surface area (Å²) in [5.41, 5.74) is -2.12.